The van der Waals surface area contributed by atoms with Gasteiger partial charge in [0.2, 0.25) is 0 Å². The third-order valence-corrected chi connectivity index (χ3v) is 10.3. The highest BCUT2D eigenvalue weighted by molar-refractivity contribution is 7.01. The Morgan fingerprint density at radius 2 is 1.50 bits per heavy atom. The Kier molecular flexibility index (Phi) is 3.92. The molecule has 0 bridgehead atoms. The standard InChI is InChI=1S/C23H24O2Si/c1-23(2,3)26(18-10-6-5-7-11-18)22-13-9-8-12-19(22)20-16-17(24-4)14-15-21(20)25-26/h5-16H,1-4H3. The molecule has 0 fully saturated rings. The zero-order valence-electron chi connectivity index (χ0n) is 15.7. The molecule has 3 heteroatoms. The van der Waals surface area contributed by atoms with Gasteiger partial charge in [-0.2, -0.15) is 0 Å². The lowest BCUT2D eigenvalue weighted by atomic mass is 10.0. The van der Waals surface area contributed by atoms with Gasteiger partial charge in [0.05, 0.1) is 7.11 Å². The molecule has 1 unspecified atom stereocenters. The van der Waals surface area contributed by atoms with Gasteiger partial charge in [0.1, 0.15) is 11.5 Å². The summed E-state index contributed by atoms with van der Waals surface area (Å²) in [5.41, 5.74) is 2.38. The molecule has 0 aromatic heterocycles. The van der Waals surface area contributed by atoms with Crippen LogP contribution in [0, 0.1) is 0 Å². The predicted octanol–water partition coefficient (Wildman–Crippen LogP) is 4.61. The van der Waals surface area contributed by atoms with Crippen molar-refractivity contribution in [3.63, 3.8) is 0 Å². The normalized spacial score (nSPS) is 18.5. The number of benzene rings is 3. The Hall–Kier alpha value is -2.52. The van der Waals surface area contributed by atoms with E-state index in [1.807, 2.05) is 6.07 Å². The average molecular weight is 361 g/mol. The van der Waals surface area contributed by atoms with Crippen LogP contribution < -0.4 is 19.5 Å². The van der Waals surface area contributed by atoms with E-state index in [-0.39, 0.29) is 5.04 Å². The van der Waals surface area contributed by atoms with E-state index in [9.17, 15) is 0 Å². The van der Waals surface area contributed by atoms with Crippen LogP contribution in [0.5, 0.6) is 11.5 Å². The Labute approximate surface area is 156 Å². The van der Waals surface area contributed by atoms with Crippen molar-refractivity contribution in [2.24, 2.45) is 0 Å². The van der Waals surface area contributed by atoms with Crippen LogP contribution >= 0.6 is 0 Å². The molecule has 1 aliphatic heterocycles. The van der Waals surface area contributed by atoms with E-state index in [0.29, 0.717) is 0 Å². The Bertz CT molecular complexity index is 944. The van der Waals surface area contributed by atoms with E-state index in [4.69, 9.17) is 9.16 Å². The summed E-state index contributed by atoms with van der Waals surface area (Å²) >= 11 is 0. The van der Waals surface area contributed by atoms with E-state index in [1.54, 1.807) is 7.11 Å². The van der Waals surface area contributed by atoms with Gasteiger partial charge >= 0.3 is 8.32 Å². The Balaban J connectivity index is 2.06. The molecule has 0 radical (unpaired) electrons. The van der Waals surface area contributed by atoms with Crippen molar-refractivity contribution in [3.05, 3.63) is 72.8 Å². The molecule has 3 aromatic rings. The topological polar surface area (TPSA) is 18.5 Å². The molecule has 4 rings (SSSR count). The van der Waals surface area contributed by atoms with Crippen molar-refractivity contribution in [3.8, 4) is 22.6 Å². The molecule has 1 aliphatic rings. The van der Waals surface area contributed by atoms with E-state index in [0.717, 1.165) is 17.1 Å². The van der Waals surface area contributed by atoms with Crippen LogP contribution in [-0.2, 0) is 0 Å². The number of methoxy groups -OCH3 is 1. The van der Waals surface area contributed by atoms with Crippen LogP contribution in [0.2, 0.25) is 5.04 Å². The van der Waals surface area contributed by atoms with Gasteiger partial charge in [0.25, 0.3) is 0 Å². The molecule has 0 saturated carbocycles. The molecule has 1 heterocycles. The van der Waals surface area contributed by atoms with Crippen molar-refractivity contribution in [2.45, 2.75) is 25.8 Å². The van der Waals surface area contributed by atoms with Gasteiger partial charge in [-0.1, -0.05) is 75.4 Å². The quantitative estimate of drug-likeness (QED) is 0.621. The summed E-state index contributed by atoms with van der Waals surface area (Å²) in [5, 5.41) is 2.63. The van der Waals surface area contributed by atoms with Gasteiger partial charge in [0, 0.05) is 5.56 Å². The lowest BCUT2D eigenvalue weighted by molar-refractivity contribution is 0.414. The second-order valence-corrected chi connectivity index (χ2v) is 12.0. The number of fused-ring (bicyclic) bond motifs is 3. The third kappa shape index (κ3) is 2.38. The van der Waals surface area contributed by atoms with Crippen molar-refractivity contribution in [1.29, 1.82) is 0 Å². The first-order valence-electron chi connectivity index (χ1n) is 9.00. The van der Waals surface area contributed by atoms with E-state index >= 15 is 0 Å². The molecular weight excluding hydrogens is 336 g/mol. The number of rotatable bonds is 2. The van der Waals surface area contributed by atoms with Crippen molar-refractivity contribution >= 4 is 18.7 Å². The van der Waals surface area contributed by atoms with Crippen LogP contribution in [0.25, 0.3) is 11.1 Å². The molecule has 1 atom stereocenters. The van der Waals surface area contributed by atoms with E-state index in [2.05, 4.69) is 87.5 Å². The minimum Gasteiger partial charge on any atom is -0.534 e. The Morgan fingerprint density at radius 1 is 0.808 bits per heavy atom. The molecular formula is C23H24O2Si. The van der Waals surface area contributed by atoms with Crippen LogP contribution in [0.1, 0.15) is 20.8 Å². The second-order valence-electron chi connectivity index (χ2n) is 7.81. The maximum Gasteiger partial charge on any atom is 0.320 e. The lowest BCUT2D eigenvalue weighted by Crippen LogP contribution is -2.70. The zero-order chi connectivity index (χ0) is 18.4. The molecule has 3 aromatic carbocycles. The maximum atomic E-state index is 6.98. The summed E-state index contributed by atoms with van der Waals surface area (Å²) in [6, 6.07) is 25.6. The first kappa shape index (κ1) is 16.9. The fraction of sp³-hybridized carbons (Fsp3) is 0.217. The monoisotopic (exact) mass is 360 g/mol. The van der Waals surface area contributed by atoms with Crippen LogP contribution in [0.4, 0.5) is 0 Å². The molecule has 2 nitrogen and oxygen atoms in total. The minimum absolute atomic E-state index is 0.0118. The molecule has 0 spiro atoms. The SMILES string of the molecule is COc1ccc2c(c1)-c1ccccc1[Si](c1ccccc1)(C(C)(C)C)O2. The van der Waals surface area contributed by atoms with E-state index < -0.39 is 8.32 Å². The van der Waals surface area contributed by atoms with Gasteiger partial charge < -0.3 is 9.16 Å². The summed E-state index contributed by atoms with van der Waals surface area (Å²) in [4.78, 5) is 0. The van der Waals surface area contributed by atoms with Crippen LogP contribution in [-0.4, -0.2) is 15.4 Å². The molecule has 132 valence electrons. The maximum absolute atomic E-state index is 6.98. The van der Waals surface area contributed by atoms with Crippen molar-refractivity contribution < 1.29 is 9.16 Å². The molecule has 26 heavy (non-hydrogen) atoms. The second kappa shape index (κ2) is 6.03. The number of hydrogen-bond donors (Lipinski definition) is 0. The average Bonchev–Trinajstić information content (AvgIpc) is 2.66. The number of ether oxygens (including phenoxy) is 1. The first-order chi connectivity index (χ1) is 12.5. The fourth-order valence-electron chi connectivity index (χ4n) is 4.06. The van der Waals surface area contributed by atoms with E-state index in [1.165, 1.54) is 15.9 Å². The zero-order valence-corrected chi connectivity index (χ0v) is 16.7. The summed E-state index contributed by atoms with van der Waals surface area (Å²) in [5.74, 6) is 1.81. The molecule has 0 saturated heterocycles. The largest absolute Gasteiger partial charge is 0.534 e. The molecule has 0 N–H and O–H groups in total. The third-order valence-electron chi connectivity index (χ3n) is 5.28. The smallest absolute Gasteiger partial charge is 0.320 e. The molecule has 0 aliphatic carbocycles. The summed E-state index contributed by atoms with van der Waals surface area (Å²) < 4.78 is 12.4. The van der Waals surface area contributed by atoms with Gasteiger partial charge in [0.15, 0.2) is 0 Å². The highest BCUT2D eigenvalue weighted by Gasteiger charge is 2.55. The van der Waals surface area contributed by atoms with Gasteiger partial charge in [-0.3, -0.25) is 0 Å². The van der Waals surface area contributed by atoms with Crippen LogP contribution in [0.3, 0.4) is 0 Å². The summed E-state index contributed by atoms with van der Waals surface area (Å²) in [6.07, 6.45) is 0. The highest BCUT2D eigenvalue weighted by atomic mass is 28.4. The lowest BCUT2D eigenvalue weighted by Gasteiger charge is -2.46. The van der Waals surface area contributed by atoms with Gasteiger partial charge in [-0.25, -0.2) is 0 Å². The first-order valence-corrected chi connectivity index (χ1v) is 10.9. The number of hydrogen-bond acceptors (Lipinski definition) is 2. The fourth-order valence-corrected chi connectivity index (χ4v) is 8.67. The highest BCUT2D eigenvalue weighted by Crippen LogP contribution is 2.45. The Morgan fingerprint density at radius 3 is 2.19 bits per heavy atom. The van der Waals surface area contributed by atoms with Gasteiger partial charge in [-0.05, 0) is 39.2 Å². The van der Waals surface area contributed by atoms with Crippen molar-refractivity contribution in [1.82, 2.24) is 0 Å². The molecule has 0 amide bonds. The predicted molar refractivity (Wildman–Crippen MR) is 110 cm³/mol. The minimum atomic E-state index is -2.50. The van der Waals surface area contributed by atoms with Crippen LogP contribution in [0.15, 0.2) is 72.8 Å². The summed E-state index contributed by atoms with van der Waals surface area (Å²) in [7, 11) is -0.797. The van der Waals surface area contributed by atoms with Gasteiger partial charge in [-0.15, -0.1) is 0 Å². The summed E-state index contributed by atoms with van der Waals surface area (Å²) in [6.45, 7) is 6.91. The van der Waals surface area contributed by atoms with Crippen molar-refractivity contribution in [2.75, 3.05) is 7.11 Å².